The van der Waals surface area contributed by atoms with Crippen molar-refractivity contribution < 1.29 is 14.7 Å². The quantitative estimate of drug-likeness (QED) is 0.875. The van der Waals surface area contributed by atoms with Gasteiger partial charge in [0.1, 0.15) is 0 Å². The number of carboxylic acid groups (broad SMARTS) is 1. The first-order valence-corrected chi connectivity index (χ1v) is 6.37. The summed E-state index contributed by atoms with van der Waals surface area (Å²) in [7, 11) is 0. The predicted octanol–water partition coefficient (Wildman–Crippen LogP) is 1.42. The highest BCUT2D eigenvalue weighted by atomic mass is 35.5. The number of hydrogen-bond acceptors (Lipinski definition) is 3. The minimum atomic E-state index is -0.960. The van der Waals surface area contributed by atoms with E-state index >= 15 is 0 Å². The number of likely N-dealkylation sites (tertiary alicyclic amines) is 1. The minimum absolute atomic E-state index is 0.112. The fourth-order valence-corrected chi connectivity index (χ4v) is 2.55. The van der Waals surface area contributed by atoms with Gasteiger partial charge in [0.25, 0.3) is 0 Å². The van der Waals surface area contributed by atoms with Gasteiger partial charge < -0.3 is 15.7 Å². The Hall–Kier alpha value is -1.59. The lowest BCUT2D eigenvalue weighted by molar-refractivity contribution is -0.139. The summed E-state index contributed by atoms with van der Waals surface area (Å²) in [5.74, 6) is -1.07. The lowest BCUT2D eigenvalue weighted by atomic mass is 10.0. The molecule has 19 heavy (non-hydrogen) atoms. The van der Waals surface area contributed by atoms with Gasteiger partial charge in [0.05, 0.1) is 12.5 Å². The number of hydrogen-bond donors (Lipinski definition) is 2. The molecule has 2 atom stereocenters. The van der Waals surface area contributed by atoms with E-state index in [9.17, 15) is 9.59 Å². The molecule has 2 unspecified atom stereocenters. The molecule has 2 rings (SSSR count). The van der Waals surface area contributed by atoms with Crippen LogP contribution in [0, 0.1) is 0 Å². The van der Waals surface area contributed by atoms with Crippen LogP contribution in [0.2, 0.25) is 5.02 Å². The maximum atomic E-state index is 11.9. The van der Waals surface area contributed by atoms with Crippen LogP contribution in [0.5, 0.6) is 0 Å². The molecular weight excluding hydrogens is 268 g/mol. The molecule has 3 N–H and O–H groups in total. The number of aliphatic carboxylic acids is 1. The number of carboxylic acids is 1. The highest BCUT2D eigenvalue weighted by Crippen LogP contribution is 2.30. The molecule has 102 valence electrons. The Morgan fingerprint density at radius 2 is 2.32 bits per heavy atom. The van der Waals surface area contributed by atoms with Gasteiger partial charge >= 0.3 is 5.97 Å². The van der Waals surface area contributed by atoms with E-state index in [-0.39, 0.29) is 24.8 Å². The highest BCUT2D eigenvalue weighted by molar-refractivity contribution is 6.30. The molecule has 1 aliphatic rings. The van der Waals surface area contributed by atoms with E-state index in [1.54, 1.807) is 24.3 Å². The van der Waals surface area contributed by atoms with Crippen molar-refractivity contribution in [2.45, 2.75) is 24.9 Å². The molecule has 6 heteroatoms. The number of carbonyl (C=O) groups is 2. The van der Waals surface area contributed by atoms with E-state index < -0.39 is 12.0 Å². The summed E-state index contributed by atoms with van der Waals surface area (Å²) in [5.41, 5.74) is 6.48. The van der Waals surface area contributed by atoms with E-state index in [2.05, 4.69) is 0 Å². The normalized spacial score (nSPS) is 20.6. The van der Waals surface area contributed by atoms with Crippen LogP contribution < -0.4 is 5.73 Å². The molecule has 0 spiro atoms. The fraction of sp³-hybridized carbons (Fsp3) is 0.385. The van der Waals surface area contributed by atoms with Crippen LogP contribution in [0.15, 0.2) is 24.3 Å². The van der Waals surface area contributed by atoms with E-state index in [4.69, 9.17) is 22.4 Å². The average molecular weight is 283 g/mol. The first-order chi connectivity index (χ1) is 8.97. The second kappa shape index (κ2) is 5.59. The molecule has 0 saturated carbocycles. The van der Waals surface area contributed by atoms with Crippen LogP contribution in [0.1, 0.15) is 24.4 Å². The molecule has 1 aromatic carbocycles. The van der Waals surface area contributed by atoms with Crippen molar-refractivity contribution in [2.75, 3.05) is 6.54 Å². The SMILES string of the molecule is NC1CC(=O)N(C(CC(=O)O)c2cccc(Cl)c2)C1. The van der Waals surface area contributed by atoms with Gasteiger partial charge in [-0.1, -0.05) is 23.7 Å². The van der Waals surface area contributed by atoms with E-state index in [0.29, 0.717) is 11.6 Å². The number of rotatable bonds is 4. The van der Waals surface area contributed by atoms with Crippen LogP contribution in [-0.2, 0) is 9.59 Å². The molecular formula is C13H15ClN2O3. The second-order valence-electron chi connectivity index (χ2n) is 4.68. The van der Waals surface area contributed by atoms with Crippen molar-refractivity contribution in [1.29, 1.82) is 0 Å². The number of nitrogens with two attached hydrogens (primary N) is 1. The third-order valence-corrected chi connectivity index (χ3v) is 3.40. The van der Waals surface area contributed by atoms with E-state index in [0.717, 1.165) is 5.56 Å². The van der Waals surface area contributed by atoms with Crippen LogP contribution in [0.4, 0.5) is 0 Å². The third-order valence-electron chi connectivity index (χ3n) is 3.17. The summed E-state index contributed by atoms with van der Waals surface area (Å²) in [6, 6.07) is 6.16. The second-order valence-corrected chi connectivity index (χ2v) is 5.12. The first-order valence-electron chi connectivity index (χ1n) is 5.99. The van der Waals surface area contributed by atoms with Gasteiger partial charge in [0.15, 0.2) is 0 Å². The molecule has 1 aromatic rings. The zero-order chi connectivity index (χ0) is 14.0. The lowest BCUT2D eigenvalue weighted by Gasteiger charge is -2.27. The maximum Gasteiger partial charge on any atom is 0.305 e. The summed E-state index contributed by atoms with van der Waals surface area (Å²) < 4.78 is 0. The summed E-state index contributed by atoms with van der Waals surface area (Å²) in [6.45, 7) is 0.378. The number of benzene rings is 1. The minimum Gasteiger partial charge on any atom is -0.481 e. The molecule has 1 amide bonds. The fourth-order valence-electron chi connectivity index (χ4n) is 2.35. The van der Waals surface area contributed by atoms with Gasteiger partial charge in [-0.3, -0.25) is 9.59 Å². The summed E-state index contributed by atoms with van der Waals surface area (Å²) in [6.07, 6.45) is 0.107. The van der Waals surface area contributed by atoms with Gasteiger partial charge in [-0.05, 0) is 17.7 Å². The molecule has 0 radical (unpaired) electrons. The maximum absolute atomic E-state index is 11.9. The van der Waals surface area contributed by atoms with Gasteiger partial charge in [-0.25, -0.2) is 0 Å². The number of halogens is 1. The third kappa shape index (κ3) is 3.24. The van der Waals surface area contributed by atoms with Crippen molar-refractivity contribution >= 4 is 23.5 Å². The number of amides is 1. The molecule has 0 bridgehead atoms. The van der Waals surface area contributed by atoms with Crippen LogP contribution in [-0.4, -0.2) is 34.5 Å². The molecule has 1 fully saturated rings. The molecule has 0 aliphatic carbocycles. The van der Waals surface area contributed by atoms with Crippen LogP contribution in [0.25, 0.3) is 0 Å². The monoisotopic (exact) mass is 282 g/mol. The Morgan fingerprint density at radius 1 is 1.58 bits per heavy atom. The van der Waals surface area contributed by atoms with Crippen molar-refractivity contribution in [2.24, 2.45) is 5.73 Å². The van der Waals surface area contributed by atoms with Crippen molar-refractivity contribution in [3.05, 3.63) is 34.9 Å². The summed E-state index contributed by atoms with van der Waals surface area (Å²) in [5, 5.41) is 9.54. The summed E-state index contributed by atoms with van der Waals surface area (Å²) >= 11 is 5.92. The number of carbonyl (C=O) groups excluding carboxylic acids is 1. The van der Waals surface area contributed by atoms with Crippen molar-refractivity contribution in [3.8, 4) is 0 Å². The Bertz CT molecular complexity index is 506. The topological polar surface area (TPSA) is 83.6 Å². The highest BCUT2D eigenvalue weighted by Gasteiger charge is 2.34. The van der Waals surface area contributed by atoms with Crippen molar-refractivity contribution in [1.82, 2.24) is 4.90 Å². The zero-order valence-electron chi connectivity index (χ0n) is 10.3. The van der Waals surface area contributed by atoms with Gasteiger partial charge in [-0.15, -0.1) is 0 Å². The molecule has 1 aliphatic heterocycles. The van der Waals surface area contributed by atoms with Crippen molar-refractivity contribution in [3.63, 3.8) is 0 Å². The van der Waals surface area contributed by atoms with Gasteiger partial charge in [0.2, 0.25) is 5.91 Å². The van der Waals surface area contributed by atoms with E-state index in [1.165, 1.54) is 4.90 Å². The molecule has 1 heterocycles. The van der Waals surface area contributed by atoms with Gasteiger partial charge in [-0.2, -0.15) is 0 Å². The Kier molecular flexibility index (Phi) is 4.07. The smallest absolute Gasteiger partial charge is 0.305 e. The number of nitrogens with zero attached hydrogens (tertiary/aromatic N) is 1. The van der Waals surface area contributed by atoms with Crippen LogP contribution >= 0.6 is 11.6 Å². The average Bonchev–Trinajstić information content (AvgIpc) is 2.65. The molecule has 1 saturated heterocycles. The summed E-state index contributed by atoms with van der Waals surface area (Å²) in [4.78, 5) is 24.4. The Balaban J connectivity index is 2.30. The lowest BCUT2D eigenvalue weighted by Crippen LogP contribution is -2.33. The zero-order valence-corrected chi connectivity index (χ0v) is 11.0. The Morgan fingerprint density at radius 3 is 2.84 bits per heavy atom. The van der Waals surface area contributed by atoms with Crippen LogP contribution in [0.3, 0.4) is 0 Å². The Labute approximate surface area is 116 Å². The largest absolute Gasteiger partial charge is 0.481 e. The van der Waals surface area contributed by atoms with Gasteiger partial charge in [0, 0.05) is 24.0 Å². The molecule has 0 aromatic heterocycles. The standard InChI is InChI=1S/C13H15ClN2O3/c14-9-3-1-2-8(4-9)11(6-13(18)19)16-7-10(15)5-12(16)17/h1-4,10-11H,5-7,15H2,(H,18,19). The predicted molar refractivity (Wildman–Crippen MR) is 70.8 cm³/mol. The van der Waals surface area contributed by atoms with E-state index in [1.807, 2.05) is 0 Å². The molecule has 5 nitrogen and oxygen atoms in total. The first kappa shape index (κ1) is 13.8.